The number of halogens is 1. The highest BCUT2D eigenvalue weighted by atomic mass is 19.1. The van der Waals surface area contributed by atoms with E-state index in [1.807, 2.05) is 6.08 Å². The molecule has 0 spiro atoms. The van der Waals surface area contributed by atoms with Crippen LogP contribution in [0.15, 0.2) is 24.3 Å². The van der Waals surface area contributed by atoms with Gasteiger partial charge in [-0.15, -0.1) is 0 Å². The molecule has 1 aromatic heterocycles. The van der Waals surface area contributed by atoms with Crippen LogP contribution in [0.3, 0.4) is 0 Å². The highest BCUT2D eigenvalue weighted by Crippen LogP contribution is 2.32. The van der Waals surface area contributed by atoms with Crippen molar-refractivity contribution in [3.63, 3.8) is 0 Å². The Kier molecular flexibility index (Phi) is 4.70. The molecule has 2 heterocycles. The molecule has 6 nitrogen and oxygen atoms in total. The second-order valence-corrected chi connectivity index (χ2v) is 7.30. The Morgan fingerprint density at radius 3 is 2.93 bits per heavy atom. The quantitative estimate of drug-likeness (QED) is 0.666. The van der Waals surface area contributed by atoms with Crippen LogP contribution in [0.4, 0.5) is 4.39 Å². The number of carbonyl (C=O) groups excluding carboxylic acids is 2. The van der Waals surface area contributed by atoms with Crippen LogP contribution in [0, 0.1) is 5.82 Å². The van der Waals surface area contributed by atoms with E-state index < -0.39 is 0 Å². The van der Waals surface area contributed by atoms with Gasteiger partial charge in [0.2, 0.25) is 5.91 Å². The largest absolute Gasteiger partial charge is 0.352 e. The number of fused-ring (bicyclic) bond motifs is 3. The summed E-state index contributed by atoms with van der Waals surface area (Å²) in [4.78, 5) is 28.1. The summed E-state index contributed by atoms with van der Waals surface area (Å²) < 4.78 is 13.8. The summed E-state index contributed by atoms with van der Waals surface area (Å²) in [5, 5.41) is 6.42. The normalized spacial score (nSPS) is 22.6. The lowest BCUT2D eigenvalue weighted by molar-refractivity contribution is -0.121. The highest BCUT2D eigenvalue weighted by Gasteiger charge is 2.27. The fraction of sp³-hybridized carbons (Fsp3) is 0.400. The number of aromatic amines is 1. The topological polar surface area (TPSA) is 100 Å². The highest BCUT2D eigenvalue weighted by molar-refractivity contribution is 6.09. The van der Waals surface area contributed by atoms with Crippen LogP contribution in [0.1, 0.15) is 48.2 Å². The lowest BCUT2D eigenvalue weighted by atomic mass is 9.90. The molecule has 27 heavy (non-hydrogen) atoms. The maximum Gasteiger partial charge on any atom is 0.268 e. The Morgan fingerprint density at radius 2 is 2.11 bits per heavy atom. The maximum absolute atomic E-state index is 13.8. The molecular formula is C20H23FN4O2. The summed E-state index contributed by atoms with van der Waals surface area (Å²) in [6.45, 7) is 0.323. The van der Waals surface area contributed by atoms with Gasteiger partial charge in [-0.2, -0.15) is 0 Å². The van der Waals surface area contributed by atoms with Crippen molar-refractivity contribution < 1.29 is 14.0 Å². The molecule has 1 aromatic carbocycles. The van der Waals surface area contributed by atoms with Crippen LogP contribution in [0.5, 0.6) is 0 Å². The van der Waals surface area contributed by atoms with Crippen molar-refractivity contribution in [1.82, 2.24) is 15.6 Å². The molecule has 0 unspecified atom stereocenters. The van der Waals surface area contributed by atoms with Gasteiger partial charge in [-0.25, -0.2) is 4.39 Å². The third kappa shape index (κ3) is 3.47. The number of hydrogen-bond acceptors (Lipinski definition) is 3. The standard InChI is InChI=1S/C20H23FN4O2/c21-12-5-6-15-13(10-12)18-11(7-8-23-20(27)19(18)25-15)9-17(26)24-16-4-2-1-3-14(16)22/h5-7,10,14,16,25H,1-4,8-9,22H2,(H,23,27)(H,24,26)/t14-,16+/m0/s1. The molecular weight excluding hydrogens is 347 g/mol. The van der Waals surface area contributed by atoms with E-state index in [9.17, 15) is 14.0 Å². The number of hydrogen-bond donors (Lipinski definition) is 4. The van der Waals surface area contributed by atoms with Crippen molar-refractivity contribution in [2.24, 2.45) is 5.73 Å². The van der Waals surface area contributed by atoms with Gasteiger partial charge >= 0.3 is 0 Å². The first kappa shape index (κ1) is 17.7. The van der Waals surface area contributed by atoms with Crippen LogP contribution in [0.25, 0.3) is 16.5 Å². The van der Waals surface area contributed by atoms with E-state index in [1.54, 1.807) is 6.07 Å². The molecule has 7 heteroatoms. The lowest BCUT2D eigenvalue weighted by Gasteiger charge is -2.29. The third-order valence-corrected chi connectivity index (χ3v) is 5.44. The molecule has 1 saturated carbocycles. The summed E-state index contributed by atoms with van der Waals surface area (Å²) in [5.74, 6) is -0.775. The number of aromatic nitrogens is 1. The molecule has 0 saturated heterocycles. The number of rotatable bonds is 3. The van der Waals surface area contributed by atoms with E-state index in [0.717, 1.165) is 25.7 Å². The number of carbonyl (C=O) groups is 2. The molecule has 1 fully saturated rings. The Hall–Kier alpha value is -2.67. The van der Waals surface area contributed by atoms with E-state index in [1.165, 1.54) is 12.1 Å². The van der Waals surface area contributed by atoms with E-state index in [-0.39, 0.29) is 36.1 Å². The molecule has 0 radical (unpaired) electrons. The van der Waals surface area contributed by atoms with Crippen LogP contribution in [-0.4, -0.2) is 35.4 Å². The van der Waals surface area contributed by atoms with Crippen molar-refractivity contribution in [1.29, 1.82) is 0 Å². The Bertz CT molecular complexity index is 933. The average Bonchev–Trinajstić information content (AvgIpc) is 2.94. The van der Waals surface area contributed by atoms with Crippen LogP contribution in [0.2, 0.25) is 0 Å². The minimum atomic E-state index is -0.383. The average molecular weight is 370 g/mol. The number of nitrogens with two attached hydrogens (primary N) is 1. The van der Waals surface area contributed by atoms with Crippen molar-refractivity contribution in [3.8, 4) is 0 Å². The van der Waals surface area contributed by atoms with Gasteiger partial charge in [0.05, 0.1) is 6.42 Å². The molecule has 2 aliphatic rings. The van der Waals surface area contributed by atoms with Gasteiger partial charge in [-0.3, -0.25) is 9.59 Å². The number of H-pyrrole nitrogens is 1. The SMILES string of the molecule is N[C@H]1CCCC[C@H]1NC(=O)CC1=CCNC(=O)c2[nH]c3ccc(F)cc3c21. The van der Waals surface area contributed by atoms with Crippen LogP contribution >= 0.6 is 0 Å². The third-order valence-electron chi connectivity index (χ3n) is 5.44. The molecule has 4 rings (SSSR count). The van der Waals surface area contributed by atoms with Gasteiger partial charge in [0.15, 0.2) is 0 Å². The second-order valence-electron chi connectivity index (χ2n) is 7.30. The van der Waals surface area contributed by atoms with Gasteiger partial charge in [0.1, 0.15) is 11.5 Å². The van der Waals surface area contributed by atoms with Crippen LogP contribution < -0.4 is 16.4 Å². The predicted octanol–water partition coefficient (Wildman–Crippen LogP) is 2.21. The summed E-state index contributed by atoms with van der Waals surface area (Å²) in [6, 6.07) is 4.30. The predicted molar refractivity (Wildman–Crippen MR) is 102 cm³/mol. The first-order valence-electron chi connectivity index (χ1n) is 9.36. The van der Waals surface area contributed by atoms with Crippen molar-refractivity contribution in [2.45, 2.75) is 44.2 Å². The lowest BCUT2D eigenvalue weighted by Crippen LogP contribution is -2.49. The van der Waals surface area contributed by atoms with E-state index in [4.69, 9.17) is 5.73 Å². The summed E-state index contributed by atoms with van der Waals surface area (Å²) in [7, 11) is 0. The Labute approximate surface area is 156 Å². The maximum atomic E-state index is 13.8. The minimum absolute atomic E-state index is 0.0164. The monoisotopic (exact) mass is 370 g/mol. The molecule has 2 amide bonds. The van der Waals surface area contributed by atoms with Gasteiger partial charge in [0.25, 0.3) is 5.91 Å². The molecule has 2 aromatic rings. The number of nitrogens with one attached hydrogen (secondary N) is 3. The zero-order valence-electron chi connectivity index (χ0n) is 15.0. The summed E-state index contributed by atoms with van der Waals surface area (Å²) in [6.07, 6.45) is 5.90. The molecule has 2 atom stereocenters. The first-order chi connectivity index (χ1) is 13.0. The van der Waals surface area contributed by atoms with Gasteiger partial charge in [0, 0.05) is 35.1 Å². The molecule has 142 valence electrons. The van der Waals surface area contributed by atoms with Gasteiger partial charge in [-0.05, 0) is 36.6 Å². The number of benzene rings is 1. The fourth-order valence-electron chi connectivity index (χ4n) is 4.06. The fourth-order valence-corrected chi connectivity index (χ4v) is 4.06. The second kappa shape index (κ2) is 7.15. The molecule has 0 bridgehead atoms. The number of amides is 2. The minimum Gasteiger partial charge on any atom is -0.352 e. The van der Waals surface area contributed by atoms with E-state index in [2.05, 4.69) is 15.6 Å². The van der Waals surface area contributed by atoms with Crippen LogP contribution in [-0.2, 0) is 4.79 Å². The van der Waals surface area contributed by atoms with E-state index in [0.29, 0.717) is 34.3 Å². The molecule has 1 aliphatic heterocycles. The zero-order chi connectivity index (χ0) is 19.0. The molecule has 1 aliphatic carbocycles. The Balaban J connectivity index is 1.63. The van der Waals surface area contributed by atoms with Crippen molar-refractivity contribution in [3.05, 3.63) is 41.3 Å². The summed E-state index contributed by atoms with van der Waals surface area (Å²) in [5.41, 5.74) is 8.46. The smallest absolute Gasteiger partial charge is 0.268 e. The van der Waals surface area contributed by atoms with Gasteiger partial charge in [-0.1, -0.05) is 18.9 Å². The van der Waals surface area contributed by atoms with Crippen molar-refractivity contribution >= 4 is 28.3 Å². The van der Waals surface area contributed by atoms with Gasteiger partial charge < -0.3 is 21.4 Å². The summed E-state index contributed by atoms with van der Waals surface area (Å²) >= 11 is 0. The first-order valence-corrected chi connectivity index (χ1v) is 9.36. The zero-order valence-corrected chi connectivity index (χ0v) is 15.0. The molecule has 5 N–H and O–H groups in total. The van der Waals surface area contributed by atoms with Crippen molar-refractivity contribution in [2.75, 3.05) is 6.54 Å². The Morgan fingerprint density at radius 1 is 1.30 bits per heavy atom. The van der Waals surface area contributed by atoms with E-state index >= 15 is 0 Å².